The molecule has 1 aromatic rings. The lowest BCUT2D eigenvalue weighted by Crippen LogP contribution is -2.46. The molecule has 0 aromatic heterocycles. The minimum atomic E-state index is -4.18. The molecule has 0 unspecified atom stereocenters. The van der Waals surface area contributed by atoms with Crippen molar-refractivity contribution in [3.05, 3.63) is 32.7 Å². The van der Waals surface area contributed by atoms with Gasteiger partial charge in [0.25, 0.3) is 0 Å². The van der Waals surface area contributed by atoms with E-state index in [1.54, 1.807) is 12.1 Å². The first-order valence-electron chi connectivity index (χ1n) is 6.33. The number of alkyl halides is 3. The van der Waals surface area contributed by atoms with E-state index in [0.29, 0.717) is 18.7 Å². The zero-order valence-corrected chi connectivity index (χ0v) is 15.1. The van der Waals surface area contributed by atoms with Gasteiger partial charge in [0.1, 0.15) is 0 Å². The number of piperazine rings is 1. The van der Waals surface area contributed by atoms with Gasteiger partial charge in [-0.15, -0.1) is 12.4 Å². The van der Waals surface area contributed by atoms with Crippen molar-refractivity contribution in [1.82, 2.24) is 10.2 Å². The predicted octanol–water partition coefficient (Wildman–Crippen LogP) is 4.53. The predicted molar refractivity (Wildman–Crippen MR) is 86.9 cm³/mol. The second kappa shape index (κ2) is 8.15. The Labute approximate surface area is 145 Å². The molecule has 2 rings (SSSR count). The number of hydrogen-bond acceptors (Lipinski definition) is 2. The average molecular weight is 453 g/mol. The number of hydrogen-bond donors (Lipinski definition) is 1. The Morgan fingerprint density at radius 2 is 1.62 bits per heavy atom. The van der Waals surface area contributed by atoms with Crippen molar-refractivity contribution in [1.29, 1.82) is 0 Å². The van der Waals surface area contributed by atoms with Gasteiger partial charge in [0.2, 0.25) is 0 Å². The second-order valence-electron chi connectivity index (χ2n) is 4.82. The van der Waals surface area contributed by atoms with Gasteiger partial charge in [-0.05, 0) is 23.8 Å². The van der Waals surface area contributed by atoms with E-state index in [2.05, 4.69) is 37.2 Å². The maximum absolute atomic E-state index is 12.9. The minimum absolute atomic E-state index is 0. The molecule has 0 saturated carbocycles. The zero-order valence-electron chi connectivity index (χ0n) is 11.1. The van der Waals surface area contributed by atoms with E-state index in [1.165, 1.54) is 0 Å². The monoisotopic (exact) mass is 450 g/mol. The van der Waals surface area contributed by atoms with Crippen LogP contribution in [0, 0.1) is 0 Å². The van der Waals surface area contributed by atoms with Crippen molar-refractivity contribution in [3.63, 3.8) is 0 Å². The fourth-order valence-corrected chi connectivity index (χ4v) is 3.77. The van der Waals surface area contributed by atoms with E-state index in [1.807, 2.05) is 11.0 Å². The molecule has 2 nitrogen and oxygen atoms in total. The average Bonchev–Trinajstić information content (AvgIpc) is 2.35. The highest BCUT2D eigenvalue weighted by Gasteiger charge is 2.36. The molecule has 1 aliphatic rings. The Bertz CT molecular complexity index is 445. The quantitative estimate of drug-likeness (QED) is 0.725. The fourth-order valence-electron chi connectivity index (χ4n) is 2.44. The molecule has 1 N–H and O–H groups in total. The van der Waals surface area contributed by atoms with E-state index in [0.717, 1.165) is 22.0 Å². The molecule has 1 saturated heterocycles. The van der Waals surface area contributed by atoms with Gasteiger partial charge in [0.15, 0.2) is 0 Å². The molecular weight excluding hydrogens is 436 g/mol. The van der Waals surface area contributed by atoms with Crippen molar-refractivity contribution >= 4 is 44.3 Å². The van der Waals surface area contributed by atoms with Crippen LogP contribution in [0.25, 0.3) is 0 Å². The molecule has 1 aromatic carbocycles. The minimum Gasteiger partial charge on any atom is -0.314 e. The van der Waals surface area contributed by atoms with Crippen LogP contribution in [0.3, 0.4) is 0 Å². The third-order valence-corrected chi connectivity index (χ3v) is 4.20. The van der Waals surface area contributed by atoms with Gasteiger partial charge in [0.05, 0.1) is 6.42 Å². The lowest BCUT2D eigenvalue weighted by atomic mass is 10.0. The number of halogens is 6. The van der Waals surface area contributed by atoms with Crippen molar-refractivity contribution < 1.29 is 13.2 Å². The molecule has 0 spiro atoms. The summed E-state index contributed by atoms with van der Waals surface area (Å²) in [4.78, 5) is 1.90. The van der Waals surface area contributed by atoms with Crippen LogP contribution in [0.1, 0.15) is 18.0 Å². The van der Waals surface area contributed by atoms with Gasteiger partial charge in [-0.25, -0.2) is 0 Å². The van der Waals surface area contributed by atoms with Crippen LogP contribution < -0.4 is 5.32 Å². The van der Waals surface area contributed by atoms with Crippen LogP contribution in [0.2, 0.25) is 0 Å². The number of benzene rings is 1. The lowest BCUT2D eigenvalue weighted by molar-refractivity contribution is -0.148. The zero-order chi connectivity index (χ0) is 14.8. The first-order chi connectivity index (χ1) is 9.35. The van der Waals surface area contributed by atoms with Crippen LogP contribution in [-0.2, 0) is 0 Å². The van der Waals surface area contributed by atoms with Gasteiger partial charge in [-0.1, -0.05) is 31.9 Å². The summed E-state index contributed by atoms with van der Waals surface area (Å²) in [5.74, 6) is 0. The highest BCUT2D eigenvalue weighted by molar-refractivity contribution is 9.11. The third kappa shape index (κ3) is 6.06. The fraction of sp³-hybridized carbons (Fsp3) is 0.538. The summed E-state index contributed by atoms with van der Waals surface area (Å²) in [5.41, 5.74) is 0.686. The van der Waals surface area contributed by atoms with Crippen LogP contribution in [-0.4, -0.2) is 37.3 Å². The summed E-state index contributed by atoms with van der Waals surface area (Å²) in [6, 6.07) is 4.73. The Morgan fingerprint density at radius 1 is 1.10 bits per heavy atom. The van der Waals surface area contributed by atoms with E-state index < -0.39 is 18.6 Å². The maximum atomic E-state index is 12.9. The van der Waals surface area contributed by atoms with Gasteiger partial charge >= 0.3 is 6.18 Å². The number of rotatable bonds is 3. The highest BCUT2D eigenvalue weighted by atomic mass is 79.9. The van der Waals surface area contributed by atoms with Crippen LogP contribution in [0.4, 0.5) is 13.2 Å². The molecule has 1 aliphatic heterocycles. The topological polar surface area (TPSA) is 15.3 Å². The van der Waals surface area contributed by atoms with Crippen molar-refractivity contribution in [2.75, 3.05) is 26.2 Å². The normalized spacial score (nSPS) is 18.1. The summed E-state index contributed by atoms with van der Waals surface area (Å²) < 4.78 is 40.2. The molecule has 0 amide bonds. The molecule has 1 atom stereocenters. The van der Waals surface area contributed by atoms with Gasteiger partial charge in [-0.3, -0.25) is 4.90 Å². The number of nitrogens with zero attached hydrogens (tertiary/aromatic N) is 1. The van der Waals surface area contributed by atoms with Gasteiger partial charge < -0.3 is 5.32 Å². The summed E-state index contributed by atoms with van der Waals surface area (Å²) in [5, 5.41) is 3.17. The molecule has 120 valence electrons. The molecule has 1 heterocycles. The molecule has 21 heavy (non-hydrogen) atoms. The van der Waals surface area contributed by atoms with E-state index in [4.69, 9.17) is 0 Å². The molecule has 8 heteroatoms. The van der Waals surface area contributed by atoms with E-state index in [9.17, 15) is 13.2 Å². The molecule has 0 bridgehead atoms. The van der Waals surface area contributed by atoms with Gasteiger partial charge in [0, 0.05) is 41.2 Å². The lowest BCUT2D eigenvalue weighted by Gasteiger charge is -2.35. The molecule has 0 aliphatic carbocycles. The van der Waals surface area contributed by atoms with Gasteiger partial charge in [-0.2, -0.15) is 13.2 Å². The summed E-state index contributed by atoms with van der Waals surface area (Å²) in [6.07, 6.45) is -5.00. The molecular formula is C13H16Br2ClF3N2. The Hall–Kier alpha value is 0.180. The van der Waals surface area contributed by atoms with Crippen molar-refractivity contribution in [2.24, 2.45) is 0 Å². The SMILES string of the molecule is Cl.FC(F)(F)C[C@H](c1cc(Br)cc(Br)c1)N1CCNCC1. The first-order valence-corrected chi connectivity index (χ1v) is 7.91. The Morgan fingerprint density at radius 3 is 2.10 bits per heavy atom. The largest absolute Gasteiger partial charge is 0.390 e. The Kier molecular flexibility index (Phi) is 7.46. The smallest absolute Gasteiger partial charge is 0.314 e. The Balaban J connectivity index is 0.00000220. The highest BCUT2D eigenvalue weighted by Crippen LogP contribution is 2.36. The first kappa shape index (κ1) is 19.2. The standard InChI is InChI=1S/C13H15Br2F3N2.ClH/c14-10-5-9(6-11(15)7-10)12(8-13(16,17)18)20-3-1-19-2-4-20;/h5-7,12,19H,1-4,8H2;1H/t12-;/m1./s1. The number of nitrogens with one attached hydrogen (secondary N) is 1. The van der Waals surface area contributed by atoms with Crippen molar-refractivity contribution in [3.8, 4) is 0 Å². The van der Waals surface area contributed by atoms with E-state index in [-0.39, 0.29) is 12.4 Å². The summed E-state index contributed by atoms with van der Waals surface area (Å²) in [7, 11) is 0. The van der Waals surface area contributed by atoms with Crippen LogP contribution in [0.5, 0.6) is 0 Å². The van der Waals surface area contributed by atoms with Crippen LogP contribution >= 0.6 is 44.3 Å². The van der Waals surface area contributed by atoms with E-state index >= 15 is 0 Å². The van der Waals surface area contributed by atoms with Crippen LogP contribution in [0.15, 0.2) is 27.1 Å². The molecule has 1 fully saturated rings. The third-order valence-electron chi connectivity index (χ3n) is 3.29. The maximum Gasteiger partial charge on any atom is 0.390 e. The second-order valence-corrected chi connectivity index (χ2v) is 6.66. The molecule has 0 radical (unpaired) electrons. The summed E-state index contributed by atoms with van der Waals surface area (Å²) in [6.45, 7) is 2.71. The summed E-state index contributed by atoms with van der Waals surface area (Å²) >= 11 is 6.69. The van der Waals surface area contributed by atoms with Crippen molar-refractivity contribution in [2.45, 2.75) is 18.6 Å².